The normalized spacial score (nSPS) is 12.4. The Morgan fingerprint density at radius 1 is 1.20 bits per heavy atom. The highest BCUT2D eigenvalue weighted by molar-refractivity contribution is 5.76. The Morgan fingerprint density at radius 2 is 2.00 bits per heavy atom. The Hall–Kier alpha value is -2.69. The molecule has 3 aromatic rings. The predicted molar refractivity (Wildman–Crippen MR) is 73.5 cm³/mol. The summed E-state index contributed by atoms with van der Waals surface area (Å²) >= 11 is 0. The highest BCUT2D eigenvalue weighted by Crippen LogP contribution is 2.20. The lowest BCUT2D eigenvalue weighted by Crippen LogP contribution is -2.16. The second-order valence-electron chi connectivity index (χ2n) is 4.57. The third-order valence-electron chi connectivity index (χ3n) is 3.22. The summed E-state index contributed by atoms with van der Waals surface area (Å²) in [6.45, 7) is 0. The predicted octanol–water partition coefficient (Wildman–Crippen LogP) is 2.14. The summed E-state index contributed by atoms with van der Waals surface area (Å²) in [5.41, 5.74) is 2.19. The van der Waals surface area contributed by atoms with Crippen LogP contribution in [0.1, 0.15) is 17.2 Å². The first-order valence-electron chi connectivity index (χ1n) is 6.31. The molecule has 2 heterocycles. The van der Waals surface area contributed by atoms with E-state index in [1.165, 1.54) is 0 Å². The van der Waals surface area contributed by atoms with Gasteiger partial charge in [-0.1, -0.05) is 30.3 Å². The lowest BCUT2D eigenvalue weighted by Gasteiger charge is -2.12. The minimum atomic E-state index is -0.870. The maximum Gasteiger partial charge on any atom is 0.312 e. The molecule has 1 unspecified atom stereocenters. The molecule has 5 nitrogen and oxygen atoms in total. The highest BCUT2D eigenvalue weighted by Gasteiger charge is 2.22. The van der Waals surface area contributed by atoms with Crippen molar-refractivity contribution in [1.29, 1.82) is 0 Å². The zero-order chi connectivity index (χ0) is 13.9. The van der Waals surface area contributed by atoms with Gasteiger partial charge in [-0.05, 0) is 18.1 Å². The van der Waals surface area contributed by atoms with Gasteiger partial charge in [-0.2, -0.15) is 5.10 Å². The SMILES string of the molecule is O=C(O)C(Cc1ccccc1)c1ccn2nccc2n1. The average molecular weight is 267 g/mol. The van der Waals surface area contributed by atoms with Crippen LogP contribution in [-0.2, 0) is 11.2 Å². The molecule has 0 amide bonds. The van der Waals surface area contributed by atoms with Crippen LogP contribution in [0.2, 0.25) is 0 Å². The minimum Gasteiger partial charge on any atom is -0.481 e. The van der Waals surface area contributed by atoms with Crippen LogP contribution in [0.15, 0.2) is 54.9 Å². The van der Waals surface area contributed by atoms with Crippen molar-refractivity contribution in [2.24, 2.45) is 0 Å². The van der Waals surface area contributed by atoms with Crippen molar-refractivity contribution in [2.45, 2.75) is 12.3 Å². The average Bonchev–Trinajstić information content (AvgIpc) is 2.93. The van der Waals surface area contributed by atoms with Crippen LogP contribution in [0.25, 0.3) is 5.65 Å². The van der Waals surface area contributed by atoms with Crippen molar-refractivity contribution in [2.75, 3.05) is 0 Å². The van der Waals surface area contributed by atoms with Crippen molar-refractivity contribution < 1.29 is 9.90 Å². The molecule has 3 rings (SSSR count). The Morgan fingerprint density at radius 3 is 2.75 bits per heavy atom. The molecular formula is C15H13N3O2. The highest BCUT2D eigenvalue weighted by atomic mass is 16.4. The Bertz CT molecular complexity index is 737. The fourth-order valence-corrected chi connectivity index (χ4v) is 2.19. The first kappa shape index (κ1) is 12.3. The van der Waals surface area contributed by atoms with Crippen LogP contribution < -0.4 is 0 Å². The lowest BCUT2D eigenvalue weighted by atomic mass is 9.96. The quantitative estimate of drug-likeness (QED) is 0.786. The van der Waals surface area contributed by atoms with E-state index in [2.05, 4.69) is 10.1 Å². The summed E-state index contributed by atoms with van der Waals surface area (Å²) < 4.78 is 1.62. The molecule has 0 spiro atoms. The number of fused-ring (bicyclic) bond motifs is 1. The molecule has 0 radical (unpaired) electrons. The molecule has 0 aliphatic carbocycles. The van der Waals surface area contributed by atoms with Gasteiger partial charge in [-0.25, -0.2) is 9.50 Å². The van der Waals surface area contributed by atoms with Crippen LogP contribution in [0.4, 0.5) is 0 Å². The maximum absolute atomic E-state index is 11.5. The van der Waals surface area contributed by atoms with E-state index in [4.69, 9.17) is 0 Å². The van der Waals surface area contributed by atoms with Crippen molar-refractivity contribution in [3.63, 3.8) is 0 Å². The number of carboxylic acid groups (broad SMARTS) is 1. The van der Waals surface area contributed by atoms with E-state index in [-0.39, 0.29) is 0 Å². The maximum atomic E-state index is 11.5. The number of aromatic nitrogens is 3. The fourth-order valence-electron chi connectivity index (χ4n) is 2.19. The lowest BCUT2D eigenvalue weighted by molar-refractivity contribution is -0.138. The molecule has 1 atom stereocenters. The van der Waals surface area contributed by atoms with Crippen molar-refractivity contribution in [3.8, 4) is 0 Å². The van der Waals surface area contributed by atoms with Gasteiger partial charge in [0, 0.05) is 12.3 Å². The zero-order valence-electron chi connectivity index (χ0n) is 10.7. The molecule has 0 bridgehead atoms. The molecule has 2 aromatic heterocycles. The van der Waals surface area contributed by atoms with Crippen molar-refractivity contribution >= 4 is 11.6 Å². The number of aliphatic carboxylic acids is 1. The molecule has 1 aromatic carbocycles. The smallest absolute Gasteiger partial charge is 0.312 e. The monoisotopic (exact) mass is 267 g/mol. The van der Waals surface area contributed by atoms with Gasteiger partial charge in [0.15, 0.2) is 5.65 Å². The molecule has 100 valence electrons. The van der Waals surface area contributed by atoms with E-state index in [1.54, 1.807) is 29.0 Å². The van der Waals surface area contributed by atoms with E-state index < -0.39 is 11.9 Å². The number of benzene rings is 1. The number of carbonyl (C=O) groups is 1. The number of nitrogens with zero attached hydrogens (tertiary/aromatic N) is 3. The van der Waals surface area contributed by atoms with Crippen LogP contribution in [0.5, 0.6) is 0 Å². The number of carboxylic acids is 1. The number of rotatable bonds is 4. The van der Waals surface area contributed by atoms with Gasteiger partial charge >= 0.3 is 5.97 Å². The molecule has 5 heteroatoms. The molecule has 0 aliphatic rings. The standard InChI is InChI=1S/C15H13N3O2/c19-15(20)12(10-11-4-2-1-3-5-11)13-7-9-18-14(17-13)6-8-16-18/h1-9,12H,10H2,(H,19,20). The molecule has 0 saturated heterocycles. The van der Waals surface area contributed by atoms with Crippen molar-refractivity contribution in [1.82, 2.24) is 14.6 Å². The summed E-state index contributed by atoms with van der Waals surface area (Å²) in [6, 6.07) is 13.0. The Balaban J connectivity index is 1.95. The van der Waals surface area contributed by atoms with E-state index in [1.807, 2.05) is 30.3 Å². The van der Waals surface area contributed by atoms with Crippen LogP contribution >= 0.6 is 0 Å². The van der Waals surface area contributed by atoms with Gasteiger partial charge < -0.3 is 5.11 Å². The van der Waals surface area contributed by atoms with Gasteiger partial charge in [0.25, 0.3) is 0 Å². The van der Waals surface area contributed by atoms with Gasteiger partial charge in [0.2, 0.25) is 0 Å². The van der Waals surface area contributed by atoms with Crippen LogP contribution in [0, 0.1) is 0 Å². The van der Waals surface area contributed by atoms with Gasteiger partial charge in [0.1, 0.15) is 5.92 Å². The van der Waals surface area contributed by atoms with E-state index in [9.17, 15) is 9.90 Å². The summed E-state index contributed by atoms with van der Waals surface area (Å²) in [4.78, 5) is 15.9. The summed E-state index contributed by atoms with van der Waals surface area (Å²) in [6.07, 6.45) is 3.80. The Labute approximate surface area is 115 Å². The van der Waals surface area contributed by atoms with Crippen LogP contribution in [0.3, 0.4) is 0 Å². The third-order valence-corrected chi connectivity index (χ3v) is 3.22. The second-order valence-corrected chi connectivity index (χ2v) is 4.57. The molecule has 0 fully saturated rings. The second kappa shape index (κ2) is 5.13. The molecule has 0 saturated carbocycles. The number of hydrogen-bond acceptors (Lipinski definition) is 3. The largest absolute Gasteiger partial charge is 0.481 e. The Kier molecular flexibility index (Phi) is 3.16. The molecule has 0 aliphatic heterocycles. The molecular weight excluding hydrogens is 254 g/mol. The molecule has 20 heavy (non-hydrogen) atoms. The number of hydrogen-bond donors (Lipinski definition) is 1. The third kappa shape index (κ3) is 2.38. The first-order chi connectivity index (χ1) is 9.74. The summed E-state index contributed by atoms with van der Waals surface area (Å²) in [7, 11) is 0. The first-order valence-corrected chi connectivity index (χ1v) is 6.31. The van der Waals surface area contributed by atoms with E-state index >= 15 is 0 Å². The van der Waals surface area contributed by atoms with Gasteiger partial charge in [-0.15, -0.1) is 0 Å². The van der Waals surface area contributed by atoms with E-state index in [0.29, 0.717) is 17.8 Å². The summed E-state index contributed by atoms with van der Waals surface area (Å²) in [5.74, 6) is -1.53. The van der Waals surface area contributed by atoms with Crippen molar-refractivity contribution in [3.05, 3.63) is 66.1 Å². The zero-order valence-corrected chi connectivity index (χ0v) is 10.7. The minimum absolute atomic E-state index is 0.424. The fraction of sp³-hybridized carbons (Fsp3) is 0.133. The van der Waals surface area contributed by atoms with E-state index in [0.717, 1.165) is 5.56 Å². The van der Waals surface area contributed by atoms with Crippen LogP contribution in [-0.4, -0.2) is 25.7 Å². The van der Waals surface area contributed by atoms with Gasteiger partial charge in [-0.3, -0.25) is 4.79 Å². The van der Waals surface area contributed by atoms with Gasteiger partial charge in [0.05, 0.1) is 11.9 Å². The topological polar surface area (TPSA) is 67.5 Å². The molecule has 1 N–H and O–H groups in total. The summed E-state index contributed by atoms with van der Waals surface area (Å²) in [5, 5.41) is 13.5.